The summed E-state index contributed by atoms with van der Waals surface area (Å²) in [7, 11) is 1.59. The van der Waals surface area contributed by atoms with Gasteiger partial charge in [0, 0.05) is 16.6 Å². The number of urea groups is 1. The van der Waals surface area contributed by atoms with Crippen molar-refractivity contribution >= 4 is 34.7 Å². The molecule has 6 heteroatoms. The van der Waals surface area contributed by atoms with Crippen molar-refractivity contribution in [1.82, 2.24) is 5.32 Å². The second kappa shape index (κ2) is 6.63. The molecule has 0 aliphatic carbocycles. The topological polar surface area (TPSA) is 50.4 Å². The zero-order valence-electron chi connectivity index (χ0n) is 11.1. The Bertz CT molecular complexity index is 600. The van der Waals surface area contributed by atoms with Gasteiger partial charge in [0.1, 0.15) is 5.75 Å². The Labute approximate surface area is 126 Å². The fourth-order valence-corrected chi connectivity index (χ4v) is 2.76. The van der Waals surface area contributed by atoms with Gasteiger partial charge in [-0.25, -0.2) is 4.79 Å². The normalized spacial score (nSPS) is 11.8. The summed E-state index contributed by atoms with van der Waals surface area (Å²) in [6.07, 6.45) is 0. The second-order valence-electron chi connectivity index (χ2n) is 4.19. The highest BCUT2D eigenvalue weighted by atomic mass is 35.5. The Morgan fingerprint density at radius 3 is 2.80 bits per heavy atom. The molecule has 0 spiro atoms. The van der Waals surface area contributed by atoms with Crippen LogP contribution >= 0.6 is 22.9 Å². The number of hydrogen-bond acceptors (Lipinski definition) is 3. The van der Waals surface area contributed by atoms with Crippen LogP contribution in [0.3, 0.4) is 0 Å². The Balaban J connectivity index is 1.95. The number of amides is 2. The molecule has 106 valence electrons. The summed E-state index contributed by atoms with van der Waals surface area (Å²) >= 11 is 7.33. The molecule has 20 heavy (non-hydrogen) atoms. The van der Waals surface area contributed by atoms with Gasteiger partial charge in [0.25, 0.3) is 0 Å². The van der Waals surface area contributed by atoms with Crippen LogP contribution in [-0.4, -0.2) is 13.1 Å². The van der Waals surface area contributed by atoms with Gasteiger partial charge < -0.3 is 15.4 Å². The van der Waals surface area contributed by atoms with Crippen molar-refractivity contribution in [3.8, 4) is 5.75 Å². The van der Waals surface area contributed by atoms with E-state index in [0.717, 1.165) is 4.88 Å². The smallest absolute Gasteiger partial charge is 0.319 e. The number of anilines is 1. The Kier molecular flexibility index (Phi) is 4.87. The third kappa shape index (κ3) is 3.88. The van der Waals surface area contributed by atoms with Gasteiger partial charge >= 0.3 is 6.03 Å². The highest BCUT2D eigenvalue weighted by Gasteiger charge is 2.11. The number of rotatable bonds is 4. The summed E-state index contributed by atoms with van der Waals surface area (Å²) in [6, 6.07) is 10.5. The molecule has 1 aromatic carbocycles. The van der Waals surface area contributed by atoms with E-state index >= 15 is 0 Å². The van der Waals surface area contributed by atoms with Crippen LogP contribution < -0.4 is 15.4 Å². The molecule has 0 radical (unpaired) electrons. The predicted octanol–water partition coefficient (Wildman–Crippen LogP) is 4.29. The van der Waals surface area contributed by atoms with E-state index in [2.05, 4.69) is 10.6 Å². The molecule has 0 aliphatic heterocycles. The van der Waals surface area contributed by atoms with Crippen LogP contribution in [0.4, 0.5) is 10.5 Å². The van der Waals surface area contributed by atoms with E-state index < -0.39 is 0 Å². The molecule has 0 saturated carbocycles. The number of benzene rings is 1. The maximum absolute atomic E-state index is 11.9. The van der Waals surface area contributed by atoms with Crippen molar-refractivity contribution in [2.24, 2.45) is 0 Å². The minimum Gasteiger partial charge on any atom is -0.497 e. The van der Waals surface area contributed by atoms with E-state index in [1.165, 1.54) is 11.3 Å². The van der Waals surface area contributed by atoms with Gasteiger partial charge in [-0.2, -0.15) is 0 Å². The zero-order valence-corrected chi connectivity index (χ0v) is 12.7. The molecule has 1 atom stereocenters. The van der Waals surface area contributed by atoms with Crippen LogP contribution in [0.1, 0.15) is 17.8 Å². The molecule has 1 aromatic heterocycles. The largest absolute Gasteiger partial charge is 0.497 e. The second-order valence-corrected chi connectivity index (χ2v) is 5.94. The van der Waals surface area contributed by atoms with Crippen LogP contribution in [0.25, 0.3) is 0 Å². The van der Waals surface area contributed by atoms with E-state index in [0.29, 0.717) is 15.8 Å². The van der Waals surface area contributed by atoms with E-state index in [1.807, 2.05) is 31.2 Å². The number of halogens is 1. The van der Waals surface area contributed by atoms with Crippen LogP contribution in [0.15, 0.2) is 36.4 Å². The predicted molar refractivity (Wildman–Crippen MR) is 82.9 cm³/mol. The SMILES string of the molecule is COc1cccc(NC(=O)NC(C)c2ccc(Cl)s2)c1. The third-order valence-electron chi connectivity index (χ3n) is 2.70. The highest BCUT2D eigenvalue weighted by molar-refractivity contribution is 7.16. The summed E-state index contributed by atoms with van der Waals surface area (Å²) < 4.78 is 5.81. The van der Waals surface area contributed by atoms with Crippen LogP contribution in [-0.2, 0) is 0 Å². The van der Waals surface area contributed by atoms with Crippen LogP contribution in [0.2, 0.25) is 4.34 Å². The molecule has 1 unspecified atom stereocenters. The van der Waals surface area contributed by atoms with Gasteiger partial charge in [-0.1, -0.05) is 17.7 Å². The molecule has 0 fully saturated rings. The molecular weight excluding hydrogens is 296 g/mol. The molecular formula is C14H15ClN2O2S. The van der Waals surface area contributed by atoms with Crippen molar-refractivity contribution < 1.29 is 9.53 Å². The highest BCUT2D eigenvalue weighted by Crippen LogP contribution is 2.26. The molecule has 0 bridgehead atoms. The molecule has 2 amide bonds. The Morgan fingerprint density at radius 2 is 2.15 bits per heavy atom. The lowest BCUT2D eigenvalue weighted by molar-refractivity contribution is 0.249. The van der Waals surface area contributed by atoms with Crippen LogP contribution in [0, 0.1) is 0 Å². The zero-order chi connectivity index (χ0) is 14.5. The van der Waals surface area contributed by atoms with Crippen molar-refractivity contribution in [2.75, 3.05) is 12.4 Å². The first-order valence-electron chi connectivity index (χ1n) is 6.05. The lowest BCUT2D eigenvalue weighted by Gasteiger charge is -2.13. The minimum atomic E-state index is -0.268. The van der Waals surface area contributed by atoms with Crippen molar-refractivity contribution in [3.63, 3.8) is 0 Å². The number of carbonyl (C=O) groups is 1. The number of carbonyl (C=O) groups excluding carboxylic acids is 1. The number of ether oxygens (including phenoxy) is 1. The molecule has 0 saturated heterocycles. The first kappa shape index (κ1) is 14.7. The Morgan fingerprint density at radius 1 is 1.35 bits per heavy atom. The van der Waals surface area contributed by atoms with Crippen molar-refractivity contribution in [2.45, 2.75) is 13.0 Å². The fourth-order valence-electron chi connectivity index (χ4n) is 1.70. The number of hydrogen-bond donors (Lipinski definition) is 2. The van der Waals surface area contributed by atoms with Gasteiger partial charge in [-0.05, 0) is 31.2 Å². The Hall–Kier alpha value is -1.72. The summed E-state index contributed by atoms with van der Waals surface area (Å²) in [5.41, 5.74) is 0.679. The quantitative estimate of drug-likeness (QED) is 0.885. The third-order valence-corrected chi connectivity index (χ3v) is 4.11. The molecule has 2 aromatic rings. The number of methoxy groups -OCH3 is 1. The summed E-state index contributed by atoms with van der Waals surface area (Å²) in [5.74, 6) is 0.695. The maximum Gasteiger partial charge on any atom is 0.319 e. The molecule has 2 N–H and O–H groups in total. The average Bonchev–Trinajstić information content (AvgIpc) is 2.85. The van der Waals surface area contributed by atoms with E-state index in [4.69, 9.17) is 16.3 Å². The summed E-state index contributed by atoms with van der Waals surface area (Å²) in [6.45, 7) is 1.91. The van der Waals surface area contributed by atoms with E-state index in [9.17, 15) is 4.79 Å². The minimum absolute atomic E-state index is 0.0990. The lowest BCUT2D eigenvalue weighted by atomic mass is 10.3. The van der Waals surface area contributed by atoms with E-state index in [1.54, 1.807) is 19.2 Å². The molecule has 0 aliphatic rings. The monoisotopic (exact) mass is 310 g/mol. The van der Waals surface area contributed by atoms with Crippen molar-refractivity contribution in [1.29, 1.82) is 0 Å². The lowest BCUT2D eigenvalue weighted by Crippen LogP contribution is -2.30. The summed E-state index contributed by atoms with van der Waals surface area (Å²) in [4.78, 5) is 12.9. The van der Waals surface area contributed by atoms with Gasteiger partial charge in [-0.3, -0.25) is 0 Å². The van der Waals surface area contributed by atoms with Crippen molar-refractivity contribution in [3.05, 3.63) is 45.6 Å². The number of thiophene rings is 1. The van der Waals surface area contributed by atoms with E-state index in [-0.39, 0.29) is 12.1 Å². The number of nitrogens with one attached hydrogen (secondary N) is 2. The average molecular weight is 311 g/mol. The van der Waals surface area contributed by atoms with Gasteiger partial charge in [0.15, 0.2) is 0 Å². The van der Waals surface area contributed by atoms with Crippen LogP contribution in [0.5, 0.6) is 5.75 Å². The summed E-state index contributed by atoms with van der Waals surface area (Å²) in [5, 5.41) is 5.62. The first-order valence-corrected chi connectivity index (χ1v) is 7.24. The van der Waals surface area contributed by atoms with Gasteiger partial charge in [0.05, 0.1) is 17.5 Å². The molecule has 4 nitrogen and oxygen atoms in total. The van der Waals surface area contributed by atoms with Gasteiger partial charge in [-0.15, -0.1) is 11.3 Å². The fraction of sp³-hybridized carbons (Fsp3) is 0.214. The van der Waals surface area contributed by atoms with Gasteiger partial charge in [0.2, 0.25) is 0 Å². The molecule has 2 rings (SSSR count). The maximum atomic E-state index is 11.9. The first-order chi connectivity index (χ1) is 9.58. The molecule has 1 heterocycles. The standard InChI is InChI=1S/C14H15ClN2O2S/c1-9(12-6-7-13(15)20-12)16-14(18)17-10-4-3-5-11(8-10)19-2/h3-9H,1-2H3,(H2,16,17,18).